The summed E-state index contributed by atoms with van der Waals surface area (Å²) in [6, 6.07) is 8.93. The maximum atomic E-state index is 13.5. The Labute approximate surface area is 209 Å². The second-order valence-electron chi connectivity index (χ2n) is 7.73. The molecule has 0 heterocycles. The van der Waals surface area contributed by atoms with E-state index in [4.69, 9.17) is 23.2 Å². The molecule has 0 bridgehead atoms. The van der Waals surface area contributed by atoms with Crippen molar-refractivity contribution in [2.24, 2.45) is 0 Å². The summed E-state index contributed by atoms with van der Waals surface area (Å²) in [5.41, 5.74) is 0.757. The molecular weight excluding hydrogens is 504 g/mol. The van der Waals surface area contributed by atoms with Gasteiger partial charge in [-0.1, -0.05) is 49.2 Å². The Hall–Kier alpha value is -2.36. The monoisotopic (exact) mass is 531 g/mol. The molecule has 2 aromatic carbocycles. The Morgan fingerprint density at radius 3 is 2.24 bits per heavy atom. The van der Waals surface area contributed by atoms with Crippen molar-refractivity contribution in [3.8, 4) is 0 Å². The number of carbonyl (C=O) groups is 2. The highest BCUT2D eigenvalue weighted by atomic mass is 35.5. The largest absolute Gasteiger partial charge is 0.354 e. The maximum absolute atomic E-state index is 13.5. The summed E-state index contributed by atoms with van der Waals surface area (Å²) in [4.78, 5) is 27.6. The zero-order valence-corrected chi connectivity index (χ0v) is 21.6. The number of hydrogen-bond acceptors (Lipinski definition) is 4. The third-order valence-corrected chi connectivity index (χ3v) is 6.95. The normalized spacial score (nSPS) is 12.2. The van der Waals surface area contributed by atoms with Crippen molar-refractivity contribution in [2.75, 3.05) is 23.7 Å². The summed E-state index contributed by atoms with van der Waals surface area (Å²) in [6.07, 6.45) is 1.99. The van der Waals surface area contributed by atoms with Gasteiger partial charge in [0.2, 0.25) is 21.8 Å². The van der Waals surface area contributed by atoms with Gasteiger partial charge in [-0.25, -0.2) is 12.8 Å². The highest BCUT2D eigenvalue weighted by Crippen LogP contribution is 2.28. The summed E-state index contributed by atoms with van der Waals surface area (Å²) in [5.74, 6) is -1.38. The fraction of sp³-hybridized carbons (Fsp3) is 0.391. The second kappa shape index (κ2) is 12.4. The molecule has 0 saturated carbocycles. The molecule has 2 aromatic rings. The molecule has 0 aromatic heterocycles. The number of hydrogen-bond donors (Lipinski definition) is 1. The minimum absolute atomic E-state index is 0.00383. The van der Waals surface area contributed by atoms with E-state index in [1.807, 2.05) is 6.92 Å². The van der Waals surface area contributed by atoms with E-state index in [1.54, 1.807) is 6.92 Å². The molecule has 0 fully saturated rings. The van der Waals surface area contributed by atoms with Crippen molar-refractivity contribution < 1.29 is 22.4 Å². The van der Waals surface area contributed by atoms with Gasteiger partial charge in [0.15, 0.2) is 0 Å². The summed E-state index contributed by atoms with van der Waals surface area (Å²) < 4.78 is 39.4. The molecule has 34 heavy (non-hydrogen) atoms. The zero-order chi connectivity index (χ0) is 25.5. The molecule has 0 spiro atoms. The van der Waals surface area contributed by atoms with E-state index in [0.717, 1.165) is 10.6 Å². The van der Waals surface area contributed by atoms with E-state index in [2.05, 4.69) is 5.32 Å². The SMILES string of the molecule is CCCNC(=O)[C@H](CC)N(Cc1ccc(F)cc1)C(=O)CN(c1ccc(Cl)c(Cl)c1)S(C)(=O)=O. The fourth-order valence-electron chi connectivity index (χ4n) is 3.33. The molecule has 0 aliphatic carbocycles. The zero-order valence-electron chi connectivity index (χ0n) is 19.2. The van der Waals surface area contributed by atoms with Crippen LogP contribution in [-0.2, 0) is 26.2 Å². The lowest BCUT2D eigenvalue weighted by Gasteiger charge is -2.33. The molecule has 0 aliphatic heterocycles. The van der Waals surface area contributed by atoms with Gasteiger partial charge in [-0.15, -0.1) is 0 Å². The first-order valence-corrected chi connectivity index (χ1v) is 13.3. The molecule has 0 radical (unpaired) electrons. The average Bonchev–Trinajstić information content (AvgIpc) is 2.78. The minimum atomic E-state index is -3.89. The van der Waals surface area contributed by atoms with Gasteiger partial charge >= 0.3 is 0 Å². The number of carbonyl (C=O) groups excluding carboxylic acids is 2. The smallest absolute Gasteiger partial charge is 0.244 e. The molecule has 1 N–H and O–H groups in total. The van der Waals surface area contributed by atoms with Crippen molar-refractivity contribution in [1.29, 1.82) is 0 Å². The van der Waals surface area contributed by atoms with Crippen molar-refractivity contribution in [3.05, 3.63) is 63.9 Å². The van der Waals surface area contributed by atoms with Gasteiger partial charge in [0.25, 0.3) is 0 Å². The average molecular weight is 532 g/mol. The Bertz CT molecular complexity index is 1110. The second-order valence-corrected chi connectivity index (χ2v) is 10.5. The first-order valence-electron chi connectivity index (χ1n) is 10.7. The van der Waals surface area contributed by atoms with Crippen LogP contribution in [0.1, 0.15) is 32.3 Å². The number of halogens is 3. The maximum Gasteiger partial charge on any atom is 0.244 e. The van der Waals surface area contributed by atoms with Gasteiger partial charge < -0.3 is 10.2 Å². The first kappa shape index (κ1) is 27.9. The highest BCUT2D eigenvalue weighted by molar-refractivity contribution is 7.92. The quantitative estimate of drug-likeness (QED) is 0.469. The lowest BCUT2D eigenvalue weighted by atomic mass is 10.1. The van der Waals surface area contributed by atoms with Crippen LogP contribution in [0.5, 0.6) is 0 Å². The van der Waals surface area contributed by atoms with Gasteiger partial charge in [-0.3, -0.25) is 13.9 Å². The van der Waals surface area contributed by atoms with Crippen LogP contribution in [0.3, 0.4) is 0 Å². The standard InChI is InChI=1S/C23H28Cl2FN3O4S/c1-4-12-27-23(31)21(5-2)28(14-16-6-8-17(26)9-7-16)22(30)15-29(34(3,32)33)18-10-11-19(24)20(25)13-18/h6-11,13,21H,4-5,12,14-15H2,1-3H3,(H,27,31)/t21-/m0/s1. The number of benzene rings is 2. The summed E-state index contributed by atoms with van der Waals surface area (Å²) in [5, 5.41) is 3.16. The summed E-state index contributed by atoms with van der Waals surface area (Å²) >= 11 is 12.0. The summed E-state index contributed by atoms with van der Waals surface area (Å²) in [7, 11) is -3.89. The van der Waals surface area contributed by atoms with Crippen molar-refractivity contribution in [1.82, 2.24) is 10.2 Å². The molecule has 11 heteroatoms. The van der Waals surface area contributed by atoms with Gasteiger partial charge in [-0.05, 0) is 48.7 Å². The first-order chi connectivity index (χ1) is 16.0. The fourth-order valence-corrected chi connectivity index (χ4v) is 4.46. The molecule has 0 aliphatic rings. The molecule has 2 amide bonds. The van der Waals surface area contributed by atoms with Gasteiger partial charge in [0.05, 0.1) is 22.0 Å². The van der Waals surface area contributed by atoms with Crippen LogP contribution in [0, 0.1) is 5.82 Å². The van der Waals surface area contributed by atoms with E-state index in [-0.39, 0.29) is 28.2 Å². The van der Waals surface area contributed by atoms with Crippen LogP contribution in [-0.4, -0.2) is 50.5 Å². The van der Waals surface area contributed by atoms with E-state index in [1.165, 1.54) is 47.4 Å². The van der Waals surface area contributed by atoms with Crippen LogP contribution >= 0.6 is 23.2 Å². The minimum Gasteiger partial charge on any atom is -0.354 e. The number of rotatable bonds is 11. The molecule has 2 rings (SSSR count). The number of nitrogens with zero attached hydrogens (tertiary/aromatic N) is 2. The molecule has 186 valence electrons. The van der Waals surface area contributed by atoms with Crippen molar-refractivity contribution in [2.45, 2.75) is 39.3 Å². The van der Waals surface area contributed by atoms with Gasteiger partial charge in [0.1, 0.15) is 18.4 Å². The number of amides is 2. The Morgan fingerprint density at radius 2 is 1.71 bits per heavy atom. The number of anilines is 1. The highest BCUT2D eigenvalue weighted by Gasteiger charge is 2.31. The molecule has 7 nitrogen and oxygen atoms in total. The molecule has 1 atom stereocenters. The van der Waals surface area contributed by atoms with Crippen LogP contribution in [0.15, 0.2) is 42.5 Å². The third-order valence-electron chi connectivity index (χ3n) is 5.07. The Kier molecular flexibility index (Phi) is 10.1. The van der Waals surface area contributed by atoms with Crippen LogP contribution in [0.2, 0.25) is 10.0 Å². The number of sulfonamides is 1. The predicted octanol–water partition coefficient (Wildman–Crippen LogP) is 4.23. The van der Waals surface area contributed by atoms with E-state index >= 15 is 0 Å². The van der Waals surface area contributed by atoms with Gasteiger partial charge in [-0.2, -0.15) is 0 Å². The molecule has 0 unspecified atom stereocenters. The Balaban J connectivity index is 2.43. The number of nitrogens with one attached hydrogen (secondary N) is 1. The Morgan fingerprint density at radius 1 is 1.06 bits per heavy atom. The van der Waals surface area contributed by atoms with E-state index in [0.29, 0.717) is 24.9 Å². The molecular formula is C23H28Cl2FN3O4S. The van der Waals surface area contributed by atoms with Crippen LogP contribution in [0.4, 0.5) is 10.1 Å². The molecule has 0 saturated heterocycles. The summed E-state index contributed by atoms with van der Waals surface area (Å²) in [6.45, 7) is 3.54. The van der Waals surface area contributed by atoms with Crippen LogP contribution < -0.4 is 9.62 Å². The predicted molar refractivity (Wildman–Crippen MR) is 133 cm³/mol. The lowest BCUT2D eigenvalue weighted by molar-refractivity contribution is -0.140. The van der Waals surface area contributed by atoms with E-state index in [9.17, 15) is 22.4 Å². The lowest BCUT2D eigenvalue weighted by Crippen LogP contribution is -2.52. The van der Waals surface area contributed by atoms with Crippen molar-refractivity contribution in [3.63, 3.8) is 0 Å². The van der Waals surface area contributed by atoms with Gasteiger partial charge in [0, 0.05) is 13.1 Å². The van der Waals surface area contributed by atoms with Crippen molar-refractivity contribution >= 4 is 50.7 Å². The topological polar surface area (TPSA) is 86.8 Å². The van der Waals surface area contributed by atoms with E-state index < -0.39 is 34.3 Å². The third kappa shape index (κ3) is 7.58. The van der Waals surface area contributed by atoms with Crippen LogP contribution in [0.25, 0.3) is 0 Å².